The fraction of sp³-hybridized carbons (Fsp3) is 0.133. The van der Waals surface area contributed by atoms with Gasteiger partial charge in [-0.25, -0.2) is 0 Å². The molecule has 0 bridgehead atoms. The molecule has 0 spiro atoms. The van der Waals surface area contributed by atoms with Gasteiger partial charge in [0.05, 0.1) is 0 Å². The van der Waals surface area contributed by atoms with Gasteiger partial charge < -0.3 is 10.6 Å². The van der Waals surface area contributed by atoms with Crippen molar-refractivity contribution in [3.05, 3.63) is 52.5 Å². The van der Waals surface area contributed by atoms with Gasteiger partial charge >= 0.3 is 0 Å². The first-order valence-electron chi connectivity index (χ1n) is 5.95. The van der Waals surface area contributed by atoms with Gasteiger partial charge in [0.25, 0.3) is 0 Å². The number of carbonyl (C=O) groups is 1. The fourth-order valence-corrected chi connectivity index (χ4v) is 2.24. The maximum absolute atomic E-state index is 10.9. The molecule has 0 aliphatic rings. The third-order valence-electron chi connectivity index (χ3n) is 2.67. The fourth-order valence-electron chi connectivity index (χ4n) is 1.76. The van der Waals surface area contributed by atoms with Crippen LogP contribution in [0.25, 0.3) is 0 Å². The standard InChI is InChI=1S/C15H15BrN2O/c1-10-9-12(16)3-8-15(10)18-14-6-4-13(5-7-14)17-11(2)19/h3-9,18H,1-2H3,(H,17,19). The Balaban J connectivity index is 2.13. The van der Waals surface area contributed by atoms with Crippen LogP contribution in [-0.2, 0) is 4.79 Å². The van der Waals surface area contributed by atoms with Gasteiger partial charge in [0, 0.05) is 28.5 Å². The van der Waals surface area contributed by atoms with Crippen LogP contribution in [0.2, 0.25) is 0 Å². The quantitative estimate of drug-likeness (QED) is 0.877. The van der Waals surface area contributed by atoms with Crippen LogP contribution in [0.5, 0.6) is 0 Å². The molecule has 4 heteroatoms. The van der Waals surface area contributed by atoms with Crippen molar-refractivity contribution in [2.24, 2.45) is 0 Å². The van der Waals surface area contributed by atoms with Crippen molar-refractivity contribution in [2.75, 3.05) is 10.6 Å². The van der Waals surface area contributed by atoms with Gasteiger partial charge in [-0.05, 0) is 55.0 Å². The van der Waals surface area contributed by atoms with Crippen LogP contribution >= 0.6 is 15.9 Å². The lowest BCUT2D eigenvalue weighted by molar-refractivity contribution is -0.114. The number of benzene rings is 2. The molecule has 0 heterocycles. The Kier molecular flexibility index (Phi) is 4.22. The van der Waals surface area contributed by atoms with Crippen LogP contribution in [-0.4, -0.2) is 5.91 Å². The molecule has 0 aliphatic heterocycles. The van der Waals surface area contributed by atoms with Gasteiger partial charge in [-0.15, -0.1) is 0 Å². The van der Waals surface area contributed by atoms with Crippen LogP contribution in [0, 0.1) is 6.92 Å². The first-order chi connectivity index (χ1) is 9.04. The summed E-state index contributed by atoms with van der Waals surface area (Å²) in [5, 5.41) is 6.09. The van der Waals surface area contributed by atoms with Crippen molar-refractivity contribution in [1.82, 2.24) is 0 Å². The zero-order chi connectivity index (χ0) is 13.8. The number of amides is 1. The Hall–Kier alpha value is -1.81. The molecule has 2 rings (SSSR count). The second-order valence-electron chi connectivity index (χ2n) is 4.34. The first-order valence-corrected chi connectivity index (χ1v) is 6.75. The van der Waals surface area contributed by atoms with E-state index in [0.29, 0.717) is 0 Å². The van der Waals surface area contributed by atoms with Crippen molar-refractivity contribution in [2.45, 2.75) is 13.8 Å². The molecule has 0 aliphatic carbocycles. The number of carbonyl (C=O) groups excluding carboxylic acids is 1. The summed E-state index contributed by atoms with van der Waals surface area (Å²) in [6, 6.07) is 13.7. The highest BCUT2D eigenvalue weighted by molar-refractivity contribution is 9.10. The van der Waals surface area contributed by atoms with Gasteiger partial charge in [0.15, 0.2) is 0 Å². The Morgan fingerprint density at radius 2 is 1.68 bits per heavy atom. The zero-order valence-electron chi connectivity index (χ0n) is 10.8. The maximum Gasteiger partial charge on any atom is 0.221 e. The largest absolute Gasteiger partial charge is 0.355 e. The summed E-state index contributed by atoms with van der Waals surface area (Å²) in [5.74, 6) is -0.0653. The van der Waals surface area contributed by atoms with Gasteiger partial charge in [-0.3, -0.25) is 4.79 Å². The second kappa shape index (κ2) is 5.89. The summed E-state index contributed by atoms with van der Waals surface area (Å²) in [7, 11) is 0. The molecule has 19 heavy (non-hydrogen) atoms. The van der Waals surface area contributed by atoms with Crippen LogP contribution in [0.4, 0.5) is 17.1 Å². The molecule has 0 saturated heterocycles. The molecule has 0 fully saturated rings. The minimum atomic E-state index is -0.0653. The average Bonchev–Trinajstić information content (AvgIpc) is 2.34. The van der Waals surface area contributed by atoms with E-state index in [0.717, 1.165) is 21.5 Å². The number of nitrogens with one attached hydrogen (secondary N) is 2. The summed E-state index contributed by atoms with van der Waals surface area (Å²) >= 11 is 3.45. The van der Waals surface area contributed by atoms with Crippen molar-refractivity contribution >= 4 is 38.9 Å². The molecule has 0 atom stereocenters. The third-order valence-corrected chi connectivity index (χ3v) is 3.17. The predicted molar refractivity (Wildman–Crippen MR) is 82.9 cm³/mol. The molecule has 3 nitrogen and oxygen atoms in total. The van der Waals surface area contributed by atoms with Gasteiger partial charge in [0.1, 0.15) is 0 Å². The molecule has 0 unspecified atom stereocenters. The van der Waals surface area contributed by atoms with Crippen LogP contribution < -0.4 is 10.6 Å². The van der Waals surface area contributed by atoms with E-state index in [-0.39, 0.29) is 5.91 Å². The molecular weight excluding hydrogens is 304 g/mol. The minimum absolute atomic E-state index is 0.0653. The molecule has 1 amide bonds. The Labute approximate surface area is 121 Å². The smallest absolute Gasteiger partial charge is 0.221 e. The highest BCUT2D eigenvalue weighted by Crippen LogP contribution is 2.24. The lowest BCUT2D eigenvalue weighted by Crippen LogP contribution is -2.05. The maximum atomic E-state index is 10.9. The number of rotatable bonds is 3. The first kappa shape index (κ1) is 13.6. The zero-order valence-corrected chi connectivity index (χ0v) is 12.4. The molecular formula is C15H15BrN2O. The molecule has 0 aromatic heterocycles. The van der Waals surface area contributed by atoms with E-state index in [9.17, 15) is 4.79 Å². The normalized spacial score (nSPS) is 10.1. The van der Waals surface area contributed by atoms with E-state index in [2.05, 4.69) is 39.6 Å². The van der Waals surface area contributed by atoms with E-state index < -0.39 is 0 Å². The van der Waals surface area contributed by atoms with E-state index in [4.69, 9.17) is 0 Å². The number of anilines is 3. The highest BCUT2D eigenvalue weighted by Gasteiger charge is 2.00. The lowest BCUT2D eigenvalue weighted by Gasteiger charge is -2.10. The van der Waals surface area contributed by atoms with Crippen LogP contribution in [0.15, 0.2) is 46.9 Å². The lowest BCUT2D eigenvalue weighted by atomic mass is 10.2. The Morgan fingerprint density at radius 1 is 1.05 bits per heavy atom. The molecule has 98 valence electrons. The van der Waals surface area contributed by atoms with E-state index >= 15 is 0 Å². The molecule has 2 aromatic carbocycles. The summed E-state index contributed by atoms with van der Waals surface area (Å²) in [5.41, 5.74) is 4.01. The number of aryl methyl sites for hydroxylation is 1. The van der Waals surface area contributed by atoms with Gasteiger partial charge in [-0.1, -0.05) is 15.9 Å². The van der Waals surface area contributed by atoms with Crippen LogP contribution in [0.1, 0.15) is 12.5 Å². The molecule has 0 saturated carbocycles. The van der Waals surface area contributed by atoms with Crippen molar-refractivity contribution in [1.29, 1.82) is 0 Å². The summed E-state index contributed by atoms with van der Waals surface area (Å²) < 4.78 is 1.07. The van der Waals surface area contributed by atoms with E-state index in [1.54, 1.807) is 0 Å². The molecule has 2 aromatic rings. The van der Waals surface area contributed by atoms with Crippen molar-refractivity contribution < 1.29 is 4.79 Å². The Morgan fingerprint density at radius 3 is 2.26 bits per heavy atom. The van der Waals surface area contributed by atoms with Crippen molar-refractivity contribution in [3.8, 4) is 0 Å². The second-order valence-corrected chi connectivity index (χ2v) is 5.26. The van der Waals surface area contributed by atoms with E-state index in [1.807, 2.05) is 36.4 Å². The average molecular weight is 319 g/mol. The summed E-state index contributed by atoms with van der Waals surface area (Å²) in [6.45, 7) is 3.55. The number of hydrogen-bond donors (Lipinski definition) is 2. The minimum Gasteiger partial charge on any atom is -0.355 e. The molecule has 2 N–H and O–H groups in total. The monoisotopic (exact) mass is 318 g/mol. The third kappa shape index (κ3) is 3.83. The van der Waals surface area contributed by atoms with E-state index in [1.165, 1.54) is 12.5 Å². The predicted octanol–water partition coefficient (Wildman–Crippen LogP) is 4.46. The summed E-state index contributed by atoms with van der Waals surface area (Å²) in [6.07, 6.45) is 0. The van der Waals surface area contributed by atoms with Crippen molar-refractivity contribution in [3.63, 3.8) is 0 Å². The Bertz CT molecular complexity index is 594. The molecule has 0 radical (unpaired) electrons. The SMILES string of the molecule is CC(=O)Nc1ccc(Nc2ccc(Br)cc2C)cc1. The van der Waals surface area contributed by atoms with Crippen LogP contribution in [0.3, 0.4) is 0 Å². The van der Waals surface area contributed by atoms with Gasteiger partial charge in [0.2, 0.25) is 5.91 Å². The topological polar surface area (TPSA) is 41.1 Å². The van der Waals surface area contributed by atoms with Gasteiger partial charge in [-0.2, -0.15) is 0 Å². The summed E-state index contributed by atoms with van der Waals surface area (Å²) in [4.78, 5) is 10.9. The number of halogens is 1. The highest BCUT2D eigenvalue weighted by atomic mass is 79.9. The number of hydrogen-bond acceptors (Lipinski definition) is 2.